The van der Waals surface area contributed by atoms with E-state index in [-0.39, 0.29) is 17.2 Å². The van der Waals surface area contributed by atoms with Crippen LogP contribution in [-0.2, 0) is 10.2 Å². The van der Waals surface area contributed by atoms with Crippen LogP contribution in [0.1, 0.15) is 18.9 Å². The van der Waals surface area contributed by atoms with Crippen molar-refractivity contribution in [3.8, 4) is 0 Å². The van der Waals surface area contributed by atoms with Gasteiger partial charge in [-0.1, -0.05) is 30.1 Å². The molecule has 2 N–H and O–H groups in total. The maximum Gasteiger partial charge on any atom is 0.228 e. The zero-order valence-corrected chi connectivity index (χ0v) is 11.5. The monoisotopic (exact) mass is 284 g/mol. The summed E-state index contributed by atoms with van der Waals surface area (Å²) >= 11 is 12.2. The molecule has 1 aromatic rings. The largest absolute Gasteiger partial charge is 0.325 e. The van der Waals surface area contributed by atoms with Crippen molar-refractivity contribution in [1.29, 1.82) is 0 Å². The summed E-state index contributed by atoms with van der Waals surface area (Å²) in [4.78, 5) is 12.1. The summed E-state index contributed by atoms with van der Waals surface area (Å²) in [5.74, 6) is 0.00170. The fourth-order valence-corrected chi connectivity index (χ4v) is 3.43. The van der Waals surface area contributed by atoms with Crippen LogP contribution in [0, 0.1) is 5.92 Å². The van der Waals surface area contributed by atoms with Gasteiger partial charge in [-0.25, -0.2) is 0 Å². The van der Waals surface area contributed by atoms with Crippen LogP contribution in [0.5, 0.6) is 0 Å². The first-order chi connectivity index (χ1) is 8.54. The summed E-state index contributed by atoms with van der Waals surface area (Å²) in [5, 5.41) is 7.30. The minimum Gasteiger partial charge on any atom is -0.325 e. The third-order valence-corrected chi connectivity index (χ3v) is 4.99. The molecule has 2 aliphatic heterocycles. The lowest BCUT2D eigenvalue weighted by Gasteiger charge is -2.40. The van der Waals surface area contributed by atoms with Crippen LogP contribution in [-0.4, -0.2) is 19.0 Å². The smallest absolute Gasteiger partial charge is 0.228 e. The van der Waals surface area contributed by atoms with Gasteiger partial charge in [0.2, 0.25) is 5.91 Å². The van der Waals surface area contributed by atoms with E-state index in [2.05, 4.69) is 10.6 Å². The Kier molecular flexibility index (Phi) is 2.81. The van der Waals surface area contributed by atoms with E-state index in [1.807, 2.05) is 13.0 Å². The number of amides is 1. The molecule has 1 amide bonds. The van der Waals surface area contributed by atoms with Gasteiger partial charge in [0.15, 0.2) is 0 Å². The minimum atomic E-state index is -0.147. The summed E-state index contributed by atoms with van der Waals surface area (Å²) in [6.07, 6.45) is 0.951. The number of hydrogen-bond donors (Lipinski definition) is 2. The number of fused-ring (bicyclic) bond motifs is 2. The number of benzene rings is 1. The lowest BCUT2D eigenvalue weighted by Crippen LogP contribution is -2.46. The minimum absolute atomic E-state index is 0.0581. The van der Waals surface area contributed by atoms with Gasteiger partial charge in [0.25, 0.3) is 0 Å². The fraction of sp³-hybridized carbons (Fsp3) is 0.462. The van der Waals surface area contributed by atoms with Crippen LogP contribution in [0.3, 0.4) is 0 Å². The molecule has 0 radical (unpaired) electrons. The highest BCUT2D eigenvalue weighted by molar-refractivity contribution is 6.42. The summed E-state index contributed by atoms with van der Waals surface area (Å²) < 4.78 is 0. The van der Waals surface area contributed by atoms with Gasteiger partial charge in [0, 0.05) is 23.6 Å². The number of nitrogens with one attached hydrogen (secondary N) is 2. The summed E-state index contributed by atoms with van der Waals surface area (Å²) in [5.41, 5.74) is 1.76. The van der Waals surface area contributed by atoms with Gasteiger partial charge in [-0.3, -0.25) is 4.79 Å². The Balaban J connectivity index is 2.22. The SMILES string of the molecule is CC1C(=O)Nc2cc(Cl)c(Cl)cc2[C@@]12CCNC2. The van der Waals surface area contributed by atoms with Gasteiger partial charge >= 0.3 is 0 Å². The van der Waals surface area contributed by atoms with Crippen LogP contribution in [0.2, 0.25) is 10.0 Å². The van der Waals surface area contributed by atoms with Crippen LogP contribution >= 0.6 is 23.2 Å². The van der Waals surface area contributed by atoms with Crippen LogP contribution < -0.4 is 10.6 Å². The molecule has 96 valence electrons. The number of carbonyl (C=O) groups excluding carboxylic acids is 1. The Morgan fingerprint density at radius 3 is 2.72 bits per heavy atom. The predicted molar refractivity (Wildman–Crippen MR) is 73.4 cm³/mol. The van der Waals surface area contributed by atoms with Gasteiger partial charge in [0.05, 0.1) is 10.0 Å². The van der Waals surface area contributed by atoms with Crippen molar-refractivity contribution < 1.29 is 4.79 Å². The lowest BCUT2D eigenvalue weighted by molar-refractivity contribution is -0.121. The number of halogens is 2. The van der Waals surface area contributed by atoms with E-state index in [9.17, 15) is 4.79 Å². The molecule has 0 saturated carbocycles. The second-order valence-corrected chi connectivity index (χ2v) is 5.92. The molecule has 5 heteroatoms. The molecular formula is C13H14Cl2N2O. The fourth-order valence-electron chi connectivity index (χ4n) is 3.10. The molecular weight excluding hydrogens is 271 g/mol. The van der Waals surface area contributed by atoms with Crippen molar-refractivity contribution in [1.82, 2.24) is 5.32 Å². The second kappa shape index (κ2) is 4.12. The zero-order valence-electron chi connectivity index (χ0n) is 10.0. The average Bonchev–Trinajstić information content (AvgIpc) is 2.81. The molecule has 1 fully saturated rings. The summed E-state index contributed by atoms with van der Waals surface area (Å²) in [6.45, 7) is 3.72. The Morgan fingerprint density at radius 2 is 2.06 bits per heavy atom. The van der Waals surface area contributed by atoms with E-state index >= 15 is 0 Å². The highest BCUT2D eigenvalue weighted by Gasteiger charge is 2.48. The van der Waals surface area contributed by atoms with Crippen LogP contribution in [0.25, 0.3) is 0 Å². The molecule has 2 heterocycles. The van der Waals surface area contributed by atoms with Crippen LogP contribution in [0.15, 0.2) is 12.1 Å². The third kappa shape index (κ3) is 1.58. The van der Waals surface area contributed by atoms with Crippen molar-refractivity contribution in [2.45, 2.75) is 18.8 Å². The first kappa shape index (κ1) is 12.3. The first-order valence-electron chi connectivity index (χ1n) is 6.06. The number of anilines is 1. The van der Waals surface area contributed by atoms with Crippen molar-refractivity contribution in [2.75, 3.05) is 18.4 Å². The van der Waals surface area contributed by atoms with Gasteiger partial charge in [-0.15, -0.1) is 0 Å². The number of hydrogen-bond acceptors (Lipinski definition) is 2. The van der Waals surface area contributed by atoms with Crippen LogP contribution in [0.4, 0.5) is 5.69 Å². The average molecular weight is 285 g/mol. The standard InChI is InChI=1S/C13H14Cl2N2O/c1-7-12(18)17-11-5-10(15)9(14)4-8(11)13(7)2-3-16-6-13/h4-5,7,16H,2-3,6H2,1H3,(H,17,18)/t7?,13-/m1/s1. The van der Waals surface area contributed by atoms with Crippen molar-refractivity contribution in [3.63, 3.8) is 0 Å². The van der Waals surface area contributed by atoms with Gasteiger partial charge in [-0.2, -0.15) is 0 Å². The number of carbonyl (C=O) groups is 1. The molecule has 0 aromatic heterocycles. The number of rotatable bonds is 0. The van der Waals surface area contributed by atoms with E-state index in [0.717, 1.165) is 30.8 Å². The van der Waals surface area contributed by atoms with E-state index in [1.54, 1.807) is 6.07 Å². The molecule has 2 atom stereocenters. The first-order valence-corrected chi connectivity index (χ1v) is 6.81. The Morgan fingerprint density at radius 1 is 1.33 bits per heavy atom. The van der Waals surface area contributed by atoms with E-state index in [0.29, 0.717) is 10.0 Å². The Bertz CT molecular complexity index is 524. The predicted octanol–water partition coefficient (Wildman–Crippen LogP) is 2.81. The van der Waals surface area contributed by atoms with Gasteiger partial charge in [0.1, 0.15) is 0 Å². The van der Waals surface area contributed by atoms with Crippen molar-refractivity contribution in [2.24, 2.45) is 5.92 Å². The molecule has 1 spiro atoms. The Labute approximate surface area is 116 Å². The molecule has 3 rings (SSSR count). The van der Waals surface area contributed by atoms with E-state index in [4.69, 9.17) is 23.2 Å². The second-order valence-electron chi connectivity index (χ2n) is 5.11. The molecule has 1 aromatic carbocycles. The normalized spacial score (nSPS) is 30.4. The molecule has 0 bridgehead atoms. The maximum absolute atomic E-state index is 12.1. The van der Waals surface area contributed by atoms with E-state index in [1.165, 1.54) is 0 Å². The molecule has 0 aliphatic carbocycles. The van der Waals surface area contributed by atoms with Gasteiger partial charge in [-0.05, 0) is 30.7 Å². The highest BCUT2D eigenvalue weighted by atomic mass is 35.5. The summed E-state index contributed by atoms with van der Waals surface area (Å²) in [7, 11) is 0. The maximum atomic E-state index is 12.1. The zero-order chi connectivity index (χ0) is 12.9. The quantitative estimate of drug-likeness (QED) is 0.769. The van der Waals surface area contributed by atoms with Crippen molar-refractivity contribution in [3.05, 3.63) is 27.7 Å². The molecule has 2 aliphatic rings. The highest BCUT2D eigenvalue weighted by Crippen LogP contribution is 2.47. The third-order valence-electron chi connectivity index (χ3n) is 4.27. The molecule has 1 saturated heterocycles. The van der Waals surface area contributed by atoms with Gasteiger partial charge < -0.3 is 10.6 Å². The van der Waals surface area contributed by atoms with E-state index < -0.39 is 0 Å². The molecule has 3 nitrogen and oxygen atoms in total. The molecule has 1 unspecified atom stereocenters. The lowest BCUT2D eigenvalue weighted by atomic mass is 9.67. The van der Waals surface area contributed by atoms with Crippen molar-refractivity contribution >= 4 is 34.8 Å². The Hall–Kier alpha value is -0.770. The molecule has 18 heavy (non-hydrogen) atoms. The summed E-state index contributed by atoms with van der Waals surface area (Å²) in [6, 6.07) is 3.66. The topological polar surface area (TPSA) is 41.1 Å².